The minimum atomic E-state index is 0. The molecule has 8 heteroatoms. The van der Waals surface area contributed by atoms with Crippen LogP contribution in [0.15, 0.2) is 29.3 Å². The van der Waals surface area contributed by atoms with Gasteiger partial charge in [0.25, 0.3) is 0 Å². The largest absolute Gasteiger partial charge is 0.356 e. The van der Waals surface area contributed by atoms with Gasteiger partial charge in [0.15, 0.2) is 5.96 Å². The third-order valence-corrected chi connectivity index (χ3v) is 5.06. The van der Waals surface area contributed by atoms with E-state index in [1.807, 2.05) is 18.2 Å². The first kappa shape index (κ1) is 21.9. The van der Waals surface area contributed by atoms with Crippen molar-refractivity contribution < 1.29 is 0 Å². The van der Waals surface area contributed by atoms with Crippen LogP contribution in [0.3, 0.4) is 0 Å². The first-order chi connectivity index (χ1) is 12.8. The molecular weight excluding hydrogens is 475 g/mol. The molecule has 6 nitrogen and oxygen atoms in total. The second kappa shape index (κ2) is 11.5. The van der Waals surface area contributed by atoms with Crippen LogP contribution < -0.4 is 10.6 Å². The van der Waals surface area contributed by atoms with Crippen molar-refractivity contribution in [1.29, 1.82) is 0 Å². The van der Waals surface area contributed by atoms with E-state index in [1.54, 1.807) is 7.05 Å². The second-order valence-electron chi connectivity index (χ2n) is 6.51. The maximum atomic E-state index is 6.19. The van der Waals surface area contributed by atoms with Crippen molar-refractivity contribution in [1.82, 2.24) is 25.4 Å². The quantitative estimate of drug-likeness (QED) is 0.362. The van der Waals surface area contributed by atoms with Gasteiger partial charge in [-0.15, -0.1) is 34.2 Å². The normalized spacial score (nSPS) is 14.1. The summed E-state index contributed by atoms with van der Waals surface area (Å²) in [7, 11) is 1.79. The number of aliphatic imine (C=N–C) groups is 1. The molecule has 1 aliphatic heterocycles. The number of rotatable bonds is 6. The third kappa shape index (κ3) is 6.34. The molecule has 2 heterocycles. The lowest BCUT2D eigenvalue weighted by Crippen LogP contribution is -2.39. The lowest BCUT2D eigenvalue weighted by molar-refractivity contribution is 0.600. The first-order valence-corrected chi connectivity index (χ1v) is 9.74. The summed E-state index contributed by atoms with van der Waals surface area (Å²) in [6.45, 7) is 2.61. The first-order valence-electron chi connectivity index (χ1n) is 9.37. The third-order valence-electron chi connectivity index (χ3n) is 4.70. The van der Waals surface area contributed by atoms with Crippen molar-refractivity contribution in [2.45, 2.75) is 45.1 Å². The fraction of sp³-hybridized carbons (Fsp3) is 0.526. The summed E-state index contributed by atoms with van der Waals surface area (Å²) in [5, 5.41) is 16.2. The number of hydrogen-bond donors (Lipinski definition) is 2. The van der Waals surface area contributed by atoms with Gasteiger partial charge in [0.05, 0.1) is 0 Å². The highest BCUT2D eigenvalue weighted by atomic mass is 127. The highest BCUT2D eigenvalue weighted by molar-refractivity contribution is 14.0. The number of halogens is 2. The van der Waals surface area contributed by atoms with Gasteiger partial charge in [0.2, 0.25) is 0 Å². The van der Waals surface area contributed by atoms with Gasteiger partial charge in [0, 0.05) is 44.5 Å². The molecule has 0 saturated carbocycles. The molecule has 0 aliphatic carbocycles. The van der Waals surface area contributed by atoms with Crippen LogP contribution in [0.2, 0.25) is 5.02 Å². The Morgan fingerprint density at radius 2 is 1.89 bits per heavy atom. The minimum Gasteiger partial charge on any atom is -0.356 e. The smallest absolute Gasteiger partial charge is 0.191 e. The molecule has 27 heavy (non-hydrogen) atoms. The van der Waals surface area contributed by atoms with Crippen molar-refractivity contribution in [2.24, 2.45) is 4.99 Å². The Labute approximate surface area is 183 Å². The van der Waals surface area contributed by atoms with E-state index in [0.717, 1.165) is 67.1 Å². The molecule has 0 spiro atoms. The van der Waals surface area contributed by atoms with E-state index in [1.165, 1.54) is 19.3 Å². The topological polar surface area (TPSA) is 67.1 Å². The monoisotopic (exact) mass is 502 g/mol. The Morgan fingerprint density at radius 1 is 1.11 bits per heavy atom. The predicted octanol–water partition coefficient (Wildman–Crippen LogP) is 3.23. The summed E-state index contributed by atoms with van der Waals surface area (Å²) in [5.74, 6) is 3.01. The van der Waals surface area contributed by atoms with E-state index in [-0.39, 0.29) is 24.0 Å². The summed E-state index contributed by atoms with van der Waals surface area (Å²) in [5.41, 5.74) is 1.14. The fourth-order valence-electron chi connectivity index (χ4n) is 3.26. The maximum Gasteiger partial charge on any atom is 0.191 e. The van der Waals surface area contributed by atoms with Crippen LogP contribution in [-0.2, 0) is 25.8 Å². The van der Waals surface area contributed by atoms with Gasteiger partial charge in [-0.05, 0) is 30.9 Å². The molecule has 0 amide bonds. The highest BCUT2D eigenvalue weighted by Gasteiger charge is 2.14. The van der Waals surface area contributed by atoms with Gasteiger partial charge in [-0.3, -0.25) is 4.99 Å². The molecular formula is C19H28ClIN6. The summed E-state index contributed by atoms with van der Waals surface area (Å²) in [6.07, 6.45) is 6.47. The second-order valence-corrected chi connectivity index (χ2v) is 6.92. The zero-order valence-corrected chi connectivity index (χ0v) is 18.8. The number of guanidine groups is 1. The number of benzene rings is 1. The molecule has 2 aromatic rings. The molecule has 0 fully saturated rings. The average molecular weight is 503 g/mol. The summed E-state index contributed by atoms with van der Waals surface area (Å²) >= 11 is 6.19. The van der Waals surface area contributed by atoms with Crippen molar-refractivity contribution in [2.75, 3.05) is 20.1 Å². The maximum absolute atomic E-state index is 6.19. The van der Waals surface area contributed by atoms with Gasteiger partial charge < -0.3 is 15.2 Å². The summed E-state index contributed by atoms with van der Waals surface area (Å²) in [4.78, 5) is 4.28. The Morgan fingerprint density at radius 3 is 2.67 bits per heavy atom. The number of nitrogens with zero attached hydrogens (tertiary/aromatic N) is 4. The number of hydrogen-bond acceptors (Lipinski definition) is 3. The van der Waals surface area contributed by atoms with Gasteiger partial charge in [0.1, 0.15) is 11.6 Å². The molecule has 148 valence electrons. The highest BCUT2D eigenvalue weighted by Crippen LogP contribution is 2.15. The molecule has 1 aromatic heterocycles. The number of aromatic nitrogens is 3. The Kier molecular flexibility index (Phi) is 9.33. The van der Waals surface area contributed by atoms with Crippen LogP contribution in [0.1, 0.15) is 36.5 Å². The van der Waals surface area contributed by atoms with Crippen LogP contribution in [0.25, 0.3) is 0 Å². The zero-order valence-electron chi connectivity index (χ0n) is 15.7. The van der Waals surface area contributed by atoms with Crippen molar-refractivity contribution >= 4 is 41.5 Å². The molecule has 1 aromatic carbocycles. The van der Waals surface area contributed by atoms with Crippen LogP contribution in [0, 0.1) is 0 Å². The Bertz CT molecular complexity index is 746. The van der Waals surface area contributed by atoms with Crippen LogP contribution in [0.4, 0.5) is 0 Å². The summed E-state index contributed by atoms with van der Waals surface area (Å²) < 4.78 is 2.29. The van der Waals surface area contributed by atoms with Crippen LogP contribution >= 0.6 is 35.6 Å². The lowest BCUT2D eigenvalue weighted by Gasteiger charge is -2.12. The Hall–Kier alpha value is -1.35. The van der Waals surface area contributed by atoms with E-state index in [9.17, 15) is 0 Å². The molecule has 0 atom stereocenters. The van der Waals surface area contributed by atoms with E-state index in [2.05, 4.69) is 36.5 Å². The van der Waals surface area contributed by atoms with Crippen molar-refractivity contribution in [3.8, 4) is 0 Å². The van der Waals surface area contributed by atoms with Crippen molar-refractivity contribution in [3.05, 3.63) is 46.5 Å². The molecule has 2 N–H and O–H groups in total. The molecule has 0 saturated heterocycles. The van der Waals surface area contributed by atoms with E-state index in [4.69, 9.17) is 11.6 Å². The van der Waals surface area contributed by atoms with Gasteiger partial charge in [-0.1, -0.05) is 36.2 Å². The van der Waals surface area contributed by atoms with Crippen LogP contribution in [0.5, 0.6) is 0 Å². The molecule has 0 unspecified atom stereocenters. The summed E-state index contributed by atoms with van der Waals surface area (Å²) in [6, 6.07) is 7.93. The van der Waals surface area contributed by atoms with E-state index >= 15 is 0 Å². The van der Waals surface area contributed by atoms with Crippen LogP contribution in [-0.4, -0.2) is 40.9 Å². The number of nitrogens with one attached hydrogen (secondary N) is 2. The number of fused-ring (bicyclic) bond motifs is 1. The van der Waals surface area contributed by atoms with E-state index in [0.29, 0.717) is 0 Å². The number of aryl methyl sites for hydroxylation is 1. The standard InChI is InChI=1S/C19H27ClN6.HI/c1-21-19(22-12-10-15-7-4-5-8-16(15)20)23-13-11-18-25-24-17-9-3-2-6-14-26(17)18;/h4-5,7-8H,2-3,6,9-14H2,1H3,(H2,21,22,23);1H. The predicted molar refractivity (Wildman–Crippen MR) is 121 cm³/mol. The van der Waals surface area contributed by atoms with E-state index < -0.39 is 0 Å². The lowest BCUT2D eigenvalue weighted by atomic mass is 10.1. The van der Waals surface area contributed by atoms with Gasteiger partial charge >= 0.3 is 0 Å². The minimum absolute atomic E-state index is 0. The molecule has 0 radical (unpaired) electrons. The van der Waals surface area contributed by atoms with Crippen molar-refractivity contribution in [3.63, 3.8) is 0 Å². The average Bonchev–Trinajstić information content (AvgIpc) is 2.88. The van der Waals surface area contributed by atoms with Gasteiger partial charge in [-0.25, -0.2) is 0 Å². The van der Waals surface area contributed by atoms with Gasteiger partial charge in [-0.2, -0.15) is 0 Å². The molecule has 1 aliphatic rings. The Balaban J connectivity index is 0.00000261. The fourth-order valence-corrected chi connectivity index (χ4v) is 3.49. The molecule has 3 rings (SSSR count). The SMILES string of the molecule is CN=C(NCCc1ccccc1Cl)NCCc1nnc2n1CCCCC2.I. The zero-order chi connectivity index (χ0) is 18.2. The molecule has 0 bridgehead atoms.